The molecule has 4 rings (SSSR count). The minimum absolute atomic E-state index is 0. The van der Waals surface area contributed by atoms with Crippen LogP contribution in [0.4, 0.5) is 0 Å². The van der Waals surface area contributed by atoms with Gasteiger partial charge in [0.15, 0.2) is 0 Å². The van der Waals surface area contributed by atoms with Crippen molar-refractivity contribution >= 4 is 22.8 Å². The number of rotatable bonds is 5. The first-order valence-corrected chi connectivity index (χ1v) is 11.1. The van der Waals surface area contributed by atoms with E-state index in [4.69, 9.17) is 0 Å². The van der Waals surface area contributed by atoms with E-state index < -0.39 is 5.97 Å². The van der Waals surface area contributed by atoms with Crippen LogP contribution in [0.2, 0.25) is 0 Å². The second kappa shape index (κ2) is 9.88. The van der Waals surface area contributed by atoms with Crippen LogP contribution in [0.3, 0.4) is 0 Å². The monoisotopic (exact) mass is 420 g/mol. The van der Waals surface area contributed by atoms with Crippen LogP contribution in [0.15, 0.2) is 30.5 Å². The van der Waals surface area contributed by atoms with Gasteiger partial charge in [-0.05, 0) is 48.6 Å². The third-order valence-corrected chi connectivity index (χ3v) is 7.24. The van der Waals surface area contributed by atoms with Crippen LogP contribution in [0.1, 0.15) is 65.3 Å². The minimum Gasteiger partial charge on any atom is -1.00 e. The van der Waals surface area contributed by atoms with Crippen molar-refractivity contribution in [1.29, 1.82) is 0 Å². The van der Waals surface area contributed by atoms with Crippen molar-refractivity contribution in [1.82, 2.24) is 9.88 Å². The van der Waals surface area contributed by atoms with Gasteiger partial charge in [-0.3, -0.25) is 9.59 Å². The molecule has 158 valence electrons. The van der Waals surface area contributed by atoms with Crippen molar-refractivity contribution in [3.8, 4) is 0 Å². The fourth-order valence-electron chi connectivity index (χ4n) is 5.68. The van der Waals surface area contributed by atoms with Crippen molar-refractivity contribution in [2.24, 2.45) is 17.8 Å². The van der Waals surface area contributed by atoms with E-state index in [2.05, 4.69) is 37.2 Å². The molecule has 1 saturated heterocycles. The van der Waals surface area contributed by atoms with Crippen molar-refractivity contribution in [3.63, 3.8) is 0 Å². The van der Waals surface area contributed by atoms with E-state index in [1.54, 1.807) is 0 Å². The number of likely N-dealkylation sites (tertiary alicyclic amines) is 1. The van der Waals surface area contributed by atoms with Crippen LogP contribution in [-0.4, -0.2) is 39.5 Å². The fraction of sp³-hybridized carbons (Fsp3) is 0.583. The first-order valence-electron chi connectivity index (χ1n) is 11.1. The Morgan fingerprint density at radius 3 is 2.67 bits per heavy atom. The average molecular weight is 421 g/mol. The van der Waals surface area contributed by atoms with Gasteiger partial charge in [0.25, 0.3) is 0 Å². The number of aromatic nitrogens is 1. The van der Waals surface area contributed by atoms with Crippen molar-refractivity contribution in [3.05, 3.63) is 36.0 Å². The molecule has 2 aromatic rings. The Kier molecular flexibility index (Phi) is 7.70. The summed E-state index contributed by atoms with van der Waals surface area (Å²) >= 11 is 0. The van der Waals surface area contributed by atoms with Gasteiger partial charge in [-0.1, -0.05) is 44.9 Å². The summed E-state index contributed by atoms with van der Waals surface area (Å²) in [5.41, 5.74) is 2.32. The number of para-hydroxylation sites is 1. The predicted octanol–water partition coefficient (Wildman–Crippen LogP) is 1.91. The Bertz CT molecular complexity index is 900. The summed E-state index contributed by atoms with van der Waals surface area (Å²) in [5.74, 6) is -0.180. The average Bonchev–Trinajstić information content (AvgIpc) is 3.14. The van der Waals surface area contributed by atoms with Crippen molar-refractivity contribution in [2.75, 3.05) is 6.54 Å². The predicted molar refractivity (Wildman–Crippen MR) is 115 cm³/mol. The summed E-state index contributed by atoms with van der Waals surface area (Å²) in [6, 6.07) is 8.36. The van der Waals surface area contributed by atoms with Crippen molar-refractivity contribution < 1.29 is 45.7 Å². The van der Waals surface area contributed by atoms with E-state index in [-0.39, 0.29) is 60.7 Å². The number of piperidine rings is 1. The topological polar surface area (TPSA) is 73.4 Å². The zero-order valence-electron chi connectivity index (χ0n) is 19.4. The molecular formula is C24H33N2NaO3. The summed E-state index contributed by atoms with van der Waals surface area (Å²) in [6.07, 6.45) is 7.18. The molecule has 30 heavy (non-hydrogen) atoms. The Hall–Kier alpha value is -1.30. The second-order valence-corrected chi connectivity index (χ2v) is 9.18. The molecule has 5 nitrogen and oxygen atoms in total. The van der Waals surface area contributed by atoms with E-state index in [0.717, 1.165) is 31.2 Å². The maximum Gasteiger partial charge on any atom is 1.00 e. The third-order valence-electron chi connectivity index (χ3n) is 7.24. The molecule has 1 aromatic carbocycles. The van der Waals surface area contributed by atoms with Gasteiger partial charge in [-0.2, -0.15) is 0 Å². The molecular weight excluding hydrogens is 387 g/mol. The summed E-state index contributed by atoms with van der Waals surface area (Å²) in [6.45, 7) is 4.94. The van der Waals surface area contributed by atoms with Gasteiger partial charge in [-0.15, -0.1) is 0 Å². The van der Waals surface area contributed by atoms with Gasteiger partial charge in [-0.25, -0.2) is 0 Å². The molecule has 1 amide bonds. The molecule has 1 aliphatic carbocycles. The number of carbonyl (C=O) groups excluding carboxylic acids is 1. The molecule has 0 radical (unpaired) electrons. The van der Waals surface area contributed by atoms with Crippen LogP contribution in [0.25, 0.3) is 10.9 Å². The van der Waals surface area contributed by atoms with Gasteiger partial charge >= 0.3 is 35.5 Å². The molecule has 6 heteroatoms. The number of benzene rings is 1. The third kappa shape index (κ3) is 4.49. The zero-order chi connectivity index (χ0) is 20.5. The standard InChI is InChI=1S/C24H32N2O3.Na.H/c1-15(2)19(20-14-25-21-9-5-3-7-16(20)21)13-23(27)26-12-11-18(24(28)29)17-8-4-6-10-22(17)26;;/h3,5,7,9,14-15,17-19,22,25H,4,6,8,10-13H2,1-2H3,(H,28,29);;/q;+1;-1. The number of hydrogen-bond acceptors (Lipinski definition) is 2. The molecule has 2 N–H and O–H groups in total. The number of nitrogens with one attached hydrogen (secondary N) is 1. The first-order chi connectivity index (χ1) is 14.0. The van der Waals surface area contributed by atoms with Gasteiger partial charge in [0.1, 0.15) is 0 Å². The molecule has 2 fully saturated rings. The molecule has 1 aromatic heterocycles. The summed E-state index contributed by atoms with van der Waals surface area (Å²) in [5, 5.41) is 10.8. The number of carbonyl (C=O) groups is 2. The molecule has 1 aliphatic heterocycles. The number of H-pyrrole nitrogens is 1. The van der Waals surface area contributed by atoms with E-state index in [9.17, 15) is 14.7 Å². The van der Waals surface area contributed by atoms with Crippen LogP contribution in [-0.2, 0) is 9.59 Å². The van der Waals surface area contributed by atoms with Gasteiger partial charge < -0.3 is 16.4 Å². The van der Waals surface area contributed by atoms with E-state index in [1.807, 2.05) is 17.0 Å². The molecule has 4 atom stereocenters. The Morgan fingerprint density at radius 2 is 1.93 bits per heavy atom. The summed E-state index contributed by atoms with van der Waals surface area (Å²) in [4.78, 5) is 30.6. The largest absolute Gasteiger partial charge is 1.00 e. The number of fused-ring (bicyclic) bond motifs is 2. The fourth-order valence-corrected chi connectivity index (χ4v) is 5.68. The van der Waals surface area contributed by atoms with E-state index in [1.165, 1.54) is 10.9 Å². The molecule has 0 bridgehead atoms. The molecule has 4 unspecified atom stereocenters. The summed E-state index contributed by atoms with van der Waals surface area (Å²) < 4.78 is 0. The Balaban J connectivity index is 0.00000171. The second-order valence-electron chi connectivity index (χ2n) is 9.18. The Morgan fingerprint density at radius 1 is 1.20 bits per heavy atom. The molecule has 0 spiro atoms. The van der Waals surface area contributed by atoms with Crippen LogP contribution in [0, 0.1) is 17.8 Å². The number of amides is 1. The number of carboxylic acids is 1. The van der Waals surface area contributed by atoms with E-state index in [0.29, 0.717) is 25.3 Å². The SMILES string of the molecule is CC(C)C(CC(=O)N1CCC(C(=O)O)C2CCCCC21)c1c[nH]c2ccccc12.[H-].[Na+]. The maximum absolute atomic E-state index is 13.4. The molecule has 2 heterocycles. The zero-order valence-corrected chi connectivity index (χ0v) is 20.4. The number of carboxylic acid groups (broad SMARTS) is 1. The van der Waals surface area contributed by atoms with Crippen molar-refractivity contribution in [2.45, 2.75) is 64.3 Å². The number of hydrogen-bond donors (Lipinski definition) is 2. The normalized spacial score (nSPS) is 24.9. The first kappa shape index (κ1) is 23.4. The molecule has 1 saturated carbocycles. The van der Waals surface area contributed by atoms with Gasteiger partial charge in [0, 0.05) is 36.1 Å². The Labute approximate surface area is 202 Å². The van der Waals surface area contributed by atoms with Gasteiger partial charge in [0.05, 0.1) is 5.92 Å². The smallest absolute Gasteiger partial charge is 1.00 e. The van der Waals surface area contributed by atoms with Crippen LogP contribution in [0.5, 0.6) is 0 Å². The van der Waals surface area contributed by atoms with Crippen LogP contribution < -0.4 is 29.6 Å². The maximum atomic E-state index is 13.4. The molecule has 2 aliphatic rings. The quantitative estimate of drug-likeness (QED) is 0.726. The summed E-state index contributed by atoms with van der Waals surface area (Å²) in [7, 11) is 0. The van der Waals surface area contributed by atoms with E-state index >= 15 is 0 Å². The number of nitrogens with zero attached hydrogens (tertiary/aromatic N) is 1. The minimum atomic E-state index is -0.687. The van der Waals surface area contributed by atoms with Crippen LogP contribution >= 0.6 is 0 Å². The number of aromatic amines is 1. The number of aliphatic carboxylic acids is 1. The van der Waals surface area contributed by atoms with Gasteiger partial charge in [0.2, 0.25) is 5.91 Å².